The third-order valence-corrected chi connectivity index (χ3v) is 6.27. The Kier molecular flexibility index (Phi) is 7.85. The molecule has 0 saturated carbocycles. The number of hydrogen-bond donors (Lipinski definition) is 1. The molecule has 1 amide bonds. The summed E-state index contributed by atoms with van der Waals surface area (Å²) in [5.74, 6) is -2.75. The lowest BCUT2D eigenvalue weighted by Crippen LogP contribution is -2.13. The average Bonchev–Trinajstić information content (AvgIpc) is 3.49. The zero-order chi connectivity index (χ0) is 26.0. The van der Waals surface area contributed by atoms with Crippen LogP contribution in [0.15, 0.2) is 16.5 Å². The molecule has 9 nitrogen and oxygen atoms in total. The first-order chi connectivity index (χ1) is 16.5. The molecular weight excluding hydrogens is 522 g/mol. The molecule has 0 unspecified atom stereocenters. The molecule has 3 aromatic rings. The topological polar surface area (TPSA) is 113 Å². The van der Waals surface area contributed by atoms with Crippen molar-refractivity contribution in [2.75, 3.05) is 19.5 Å². The van der Waals surface area contributed by atoms with Crippen molar-refractivity contribution in [3.05, 3.63) is 56.1 Å². The van der Waals surface area contributed by atoms with Crippen LogP contribution in [0.2, 0.25) is 5.02 Å². The summed E-state index contributed by atoms with van der Waals surface area (Å²) in [7, 11) is 2.27. The molecule has 3 rings (SSSR count). The quantitative estimate of drug-likeness (QED) is 0.308. The summed E-state index contributed by atoms with van der Waals surface area (Å²) in [6.45, 7) is 0.955. The molecule has 35 heavy (non-hydrogen) atoms. The minimum Gasteiger partial charge on any atom is -0.465 e. The fourth-order valence-corrected chi connectivity index (χ4v) is 4.48. The number of alkyl halides is 4. The van der Waals surface area contributed by atoms with Crippen LogP contribution in [0, 0.1) is 6.92 Å². The van der Waals surface area contributed by atoms with Gasteiger partial charge in [0.15, 0.2) is 5.76 Å². The van der Waals surface area contributed by atoms with Crippen molar-refractivity contribution in [1.29, 1.82) is 0 Å². The second kappa shape index (κ2) is 10.5. The number of methoxy groups -OCH3 is 2. The van der Waals surface area contributed by atoms with Crippen molar-refractivity contribution in [1.82, 2.24) is 9.78 Å². The van der Waals surface area contributed by atoms with Crippen molar-refractivity contribution >= 4 is 45.8 Å². The van der Waals surface area contributed by atoms with Gasteiger partial charge in [0, 0.05) is 0 Å². The van der Waals surface area contributed by atoms with Crippen molar-refractivity contribution in [3.63, 3.8) is 0 Å². The lowest BCUT2D eigenvalue weighted by molar-refractivity contribution is 0.0601. The molecule has 0 aliphatic rings. The minimum atomic E-state index is -3.19. The number of nitrogens with one attached hydrogen (secondary N) is 1. The first-order valence-electron chi connectivity index (χ1n) is 9.52. The number of esters is 2. The highest BCUT2D eigenvalue weighted by molar-refractivity contribution is 7.18. The van der Waals surface area contributed by atoms with E-state index in [0.717, 1.165) is 25.6 Å². The van der Waals surface area contributed by atoms with Crippen molar-refractivity contribution < 1.29 is 45.8 Å². The highest BCUT2D eigenvalue weighted by Crippen LogP contribution is 2.36. The smallest absolute Gasteiger partial charge is 0.348 e. The number of amides is 1. The molecule has 0 aromatic carbocycles. The summed E-state index contributed by atoms with van der Waals surface area (Å²) in [5, 5.41) is 4.98. The Labute approximate surface area is 203 Å². The molecular formula is C20H16ClF4N3O6S. The SMILES string of the molecule is COC(=O)c1sc(NC(=O)c2ccc(Cn3nc(C(F)F)c(Cl)c3C(F)F)o2)c(C(=O)OC)c1C. The molecule has 15 heteroatoms. The summed E-state index contributed by atoms with van der Waals surface area (Å²) in [4.78, 5) is 36.9. The van der Waals surface area contributed by atoms with E-state index in [4.69, 9.17) is 20.8 Å². The molecule has 0 spiro atoms. The molecule has 0 radical (unpaired) electrons. The number of hydrogen-bond acceptors (Lipinski definition) is 8. The third-order valence-electron chi connectivity index (χ3n) is 4.69. The standard InChI is InChI=1S/C20H16ClF4N3O6S/c1-7-10(19(30)32-2)18(35-14(7)20(31)33-3)26-17(29)9-5-4-8(34-9)6-28-13(16(24)25)11(21)12(27-28)15(22)23/h4-5,15-16H,6H2,1-3H3,(H,26,29). The zero-order valence-electron chi connectivity index (χ0n) is 18.2. The first-order valence-corrected chi connectivity index (χ1v) is 10.7. The van der Waals surface area contributed by atoms with E-state index in [9.17, 15) is 31.9 Å². The fraction of sp³-hybridized carbons (Fsp3) is 0.300. The molecule has 0 aliphatic heterocycles. The van der Waals surface area contributed by atoms with Gasteiger partial charge in [0.1, 0.15) is 27.0 Å². The summed E-state index contributed by atoms with van der Waals surface area (Å²) in [5.41, 5.74) is -1.76. The zero-order valence-corrected chi connectivity index (χ0v) is 19.7. The van der Waals surface area contributed by atoms with Gasteiger partial charge < -0.3 is 19.2 Å². The van der Waals surface area contributed by atoms with Gasteiger partial charge in [-0.2, -0.15) is 5.10 Å². The van der Waals surface area contributed by atoms with E-state index in [1.165, 1.54) is 19.1 Å². The number of carbonyl (C=O) groups is 3. The fourth-order valence-electron chi connectivity index (χ4n) is 3.07. The monoisotopic (exact) mass is 537 g/mol. The number of nitrogens with zero attached hydrogens (tertiary/aromatic N) is 2. The number of thiophene rings is 1. The maximum atomic E-state index is 13.3. The predicted octanol–water partition coefficient (Wildman–Crippen LogP) is 5.25. The van der Waals surface area contributed by atoms with E-state index in [1.54, 1.807) is 0 Å². The Morgan fingerprint density at radius 2 is 1.80 bits per heavy atom. The van der Waals surface area contributed by atoms with E-state index in [2.05, 4.69) is 15.2 Å². The number of furan rings is 1. The van der Waals surface area contributed by atoms with Crippen molar-refractivity contribution in [3.8, 4) is 0 Å². The van der Waals surface area contributed by atoms with Gasteiger partial charge in [0.05, 0.1) is 31.4 Å². The normalized spacial score (nSPS) is 11.3. The summed E-state index contributed by atoms with van der Waals surface area (Å²) in [6.07, 6.45) is -6.37. The van der Waals surface area contributed by atoms with Crippen LogP contribution in [0.3, 0.4) is 0 Å². The maximum absolute atomic E-state index is 13.3. The molecule has 0 aliphatic carbocycles. The van der Waals surface area contributed by atoms with E-state index >= 15 is 0 Å². The molecule has 3 heterocycles. The van der Waals surface area contributed by atoms with Crippen LogP contribution < -0.4 is 5.32 Å². The minimum absolute atomic E-state index is 0.0156. The Hall–Kier alpha value is -3.39. The van der Waals surface area contributed by atoms with Crippen LogP contribution in [0.4, 0.5) is 22.6 Å². The van der Waals surface area contributed by atoms with Crippen LogP contribution in [0.5, 0.6) is 0 Å². The number of ether oxygens (including phenoxy) is 2. The van der Waals surface area contributed by atoms with Gasteiger partial charge in [-0.05, 0) is 24.6 Å². The van der Waals surface area contributed by atoms with E-state index in [1.807, 2.05) is 0 Å². The molecule has 3 aromatic heterocycles. The Balaban J connectivity index is 1.87. The van der Waals surface area contributed by atoms with Gasteiger partial charge in [-0.1, -0.05) is 11.6 Å². The number of rotatable bonds is 8. The molecule has 0 atom stereocenters. The van der Waals surface area contributed by atoms with E-state index in [0.29, 0.717) is 4.68 Å². The summed E-state index contributed by atoms with van der Waals surface area (Å²) < 4.78 is 68.0. The van der Waals surface area contributed by atoms with Gasteiger partial charge in [-0.15, -0.1) is 11.3 Å². The predicted molar refractivity (Wildman–Crippen MR) is 115 cm³/mol. The van der Waals surface area contributed by atoms with Crippen LogP contribution in [0.25, 0.3) is 0 Å². The second-order valence-electron chi connectivity index (χ2n) is 6.81. The van der Waals surface area contributed by atoms with Gasteiger partial charge in [-0.3, -0.25) is 9.48 Å². The first kappa shape index (κ1) is 26.2. The highest BCUT2D eigenvalue weighted by atomic mass is 35.5. The van der Waals surface area contributed by atoms with Crippen LogP contribution >= 0.6 is 22.9 Å². The Bertz CT molecular complexity index is 1290. The Morgan fingerprint density at radius 1 is 1.14 bits per heavy atom. The van der Waals surface area contributed by atoms with Crippen molar-refractivity contribution in [2.45, 2.75) is 26.3 Å². The lowest BCUT2D eigenvalue weighted by atomic mass is 10.1. The van der Waals surface area contributed by atoms with Crippen molar-refractivity contribution in [2.24, 2.45) is 0 Å². The number of halogens is 5. The maximum Gasteiger partial charge on any atom is 0.348 e. The molecule has 188 valence electrons. The summed E-state index contributed by atoms with van der Waals surface area (Å²) >= 11 is 6.40. The molecule has 1 N–H and O–H groups in total. The van der Waals surface area contributed by atoms with Gasteiger partial charge in [0.2, 0.25) is 0 Å². The molecule has 0 bridgehead atoms. The van der Waals surface area contributed by atoms with Gasteiger partial charge in [-0.25, -0.2) is 27.2 Å². The van der Waals surface area contributed by atoms with E-state index in [-0.39, 0.29) is 32.5 Å². The van der Waals surface area contributed by atoms with Crippen LogP contribution in [-0.2, 0) is 16.0 Å². The highest BCUT2D eigenvalue weighted by Gasteiger charge is 2.29. The third kappa shape index (κ3) is 5.17. The van der Waals surface area contributed by atoms with Gasteiger partial charge in [0.25, 0.3) is 18.8 Å². The largest absolute Gasteiger partial charge is 0.465 e. The second-order valence-corrected chi connectivity index (χ2v) is 8.21. The number of aromatic nitrogens is 2. The Morgan fingerprint density at radius 3 is 2.37 bits per heavy atom. The molecule has 0 saturated heterocycles. The lowest BCUT2D eigenvalue weighted by Gasteiger charge is -2.06. The summed E-state index contributed by atoms with van der Waals surface area (Å²) in [6, 6.07) is 2.45. The van der Waals surface area contributed by atoms with Crippen LogP contribution in [-0.4, -0.2) is 41.8 Å². The van der Waals surface area contributed by atoms with E-state index < -0.39 is 53.7 Å². The number of carbonyl (C=O) groups excluding carboxylic acids is 3. The van der Waals surface area contributed by atoms with Gasteiger partial charge >= 0.3 is 11.9 Å². The van der Waals surface area contributed by atoms with Crippen LogP contribution in [0.1, 0.15) is 66.1 Å². The average molecular weight is 538 g/mol. The molecule has 0 fully saturated rings. The number of anilines is 1.